The number of fused-ring (bicyclic) bond motifs is 2. The lowest BCUT2D eigenvalue weighted by molar-refractivity contribution is -0.384. The van der Waals surface area contributed by atoms with Crippen molar-refractivity contribution < 1.29 is 9.66 Å². The van der Waals surface area contributed by atoms with Crippen molar-refractivity contribution in [2.24, 2.45) is 0 Å². The maximum atomic E-state index is 12.7. The molecule has 12 heteroatoms. The number of methoxy groups -OCH3 is 1. The standard InChI is InChI=1S/C19H14N8O4/c1-31-13-5-3-2-4-12(13)17-14-15(10-6-8-11(9-7-10)27(29)30)21-22-18(28)16(14)20-19-23-24-25-26(17)19/h2-9,17H,1H3,(H,22,28)(H,20,23,25)/t17-/m1/s1. The predicted molar refractivity (Wildman–Crippen MR) is 108 cm³/mol. The molecule has 0 saturated carbocycles. The highest BCUT2D eigenvalue weighted by molar-refractivity contribution is 5.76. The fourth-order valence-electron chi connectivity index (χ4n) is 3.68. The number of benzene rings is 2. The molecule has 0 aliphatic carbocycles. The molecule has 0 spiro atoms. The largest absolute Gasteiger partial charge is 0.496 e. The molecule has 31 heavy (non-hydrogen) atoms. The average molecular weight is 418 g/mol. The highest BCUT2D eigenvalue weighted by atomic mass is 16.6. The Bertz CT molecular complexity index is 1360. The van der Waals surface area contributed by atoms with Crippen LogP contribution in [0.15, 0.2) is 53.3 Å². The van der Waals surface area contributed by atoms with E-state index in [9.17, 15) is 14.9 Å². The van der Waals surface area contributed by atoms with E-state index >= 15 is 0 Å². The first-order valence-corrected chi connectivity index (χ1v) is 9.13. The van der Waals surface area contributed by atoms with Gasteiger partial charge in [0.1, 0.15) is 17.5 Å². The summed E-state index contributed by atoms with van der Waals surface area (Å²) in [6.07, 6.45) is 0. The van der Waals surface area contributed by atoms with Gasteiger partial charge in [-0.2, -0.15) is 9.78 Å². The molecule has 1 aliphatic heterocycles. The minimum absolute atomic E-state index is 0.0517. The molecular formula is C19H14N8O4. The van der Waals surface area contributed by atoms with Gasteiger partial charge in [-0.15, -0.1) is 0 Å². The van der Waals surface area contributed by atoms with Crippen LogP contribution in [-0.4, -0.2) is 42.4 Å². The van der Waals surface area contributed by atoms with E-state index in [-0.39, 0.29) is 17.3 Å². The Morgan fingerprint density at radius 3 is 2.68 bits per heavy atom. The molecule has 0 saturated heterocycles. The van der Waals surface area contributed by atoms with Crippen molar-refractivity contribution in [3.05, 3.63) is 80.1 Å². The zero-order valence-electron chi connectivity index (χ0n) is 16.0. The van der Waals surface area contributed by atoms with E-state index < -0.39 is 16.5 Å². The Morgan fingerprint density at radius 1 is 1.16 bits per heavy atom. The summed E-state index contributed by atoms with van der Waals surface area (Å²) in [4.78, 5) is 23.2. The number of nitrogens with one attached hydrogen (secondary N) is 2. The SMILES string of the molecule is COc1ccccc1[C@@H]1c2c(-c3ccc([N+](=O)[O-])cc3)n[nH]c(=O)c2Nc2nnnn21. The van der Waals surface area contributed by atoms with Gasteiger partial charge >= 0.3 is 0 Å². The van der Waals surface area contributed by atoms with Crippen molar-refractivity contribution in [1.29, 1.82) is 0 Å². The number of hydrogen-bond donors (Lipinski definition) is 2. The second-order valence-corrected chi connectivity index (χ2v) is 6.71. The number of nitro groups is 1. The Kier molecular flexibility index (Phi) is 4.17. The van der Waals surface area contributed by atoms with Crippen molar-refractivity contribution in [2.45, 2.75) is 6.04 Å². The van der Waals surface area contributed by atoms with E-state index in [4.69, 9.17) is 4.74 Å². The molecule has 0 fully saturated rings. The quantitative estimate of drug-likeness (QED) is 0.329. The van der Waals surface area contributed by atoms with Crippen LogP contribution in [0.4, 0.5) is 17.3 Å². The van der Waals surface area contributed by atoms with Gasteiger partial charge < -0.3 is 10.1 Å². The van der Waals surface area contributed by atoms with Crippen LogP contribution < -0.4 is 15.6 Å². The molecule has 1 atom stereocenters. The van der Waals surface area contributed by atoms with Gasteiger partial charge in [0.2, 0.25) is 5.95 Å². The number of H-pyrrole nitrogens is 1. The molecule has 0 bridgehead atoms. The third kappa shape index (κ3) is 2.88. The number of rotatable bonds is 4. The number of nitro benzene ring substituents is 1. The Morgan fingerprint density at radius 2 is 1.94 bits per heavy atom. The molecule has 0 amide bonds. The zero-order chi connectivity index (χ0) is 21.5. The summed E-state index contributed by atoms with van der Waals surface area (Å²) < 4.78 is 7.08. The lowest BCUT2D eigenvalue weighted by Crippen LogP contribution is -2.29. The summed E-state index contributed by atoms with van der Waals surface area (Å²) in [5.74, 6) is 0.867. The van der Waals surface area contributed by atoms with Gasteiger partial charge in [0.05, 0.1) is 17.7 Å². The van der Waals surface area contributed by atoms with E-state index in [2.05, 4.69) is 31.0 Å². The molecule has 5 rings (SSSR count). The van der Waals surface area contributed by atoms with Crippen LogP contribution in [-0.2, 0) is 0 Å². The van der Waals surface area contributed by atoms with Gasteiger partial charge in [-0.1, -0.05) is 23.3 Å². The van der Waals surface area contributed by atoms with E-state index in [1.807, 2.05) is 18.2 Å². The molecule has 4 aromatic rings. The monoisotopic (exact) mass is 418 g/mol. The van der Waals surface area contributed by atoms with Crippen LogP contribution in [0.5, 0.6) is 5.75 Å². The molecule has 154 valence electrons. The summed E-state index contributed by atoms with van der Waals surface area (Å²) in [7, 11) is 1.55. The molecule has 0 unspecified atom stereocenters. The number of anilines is 2. The number of tetrazole rings is 1. The lowest BCUT2D eigenvalue weighted by Gasteiger charge is -2.28. The van der Waals surface area contributed by atoms with Gasteiger partial charge in [-0.25, -0.2) is 5.10 Å². The molecule has 2 aromatic carbocycles. The summed E-state index contributed by atoms with van der Waals surface area (Å²) in [6, 6.07) is 12.6. The molecule has 2 N–H and O–H groups in total. The smallest absolute Gasteiger partial charge is 0.288 e. The van der Waals surface area contributed by atoms with Gasteiger partial charge in [-0.3, -0.25) is 14.9 Å². The number of aromatic amines is 1. The Balaban J connectivity index is 1.79. The zero-order valence-corrected chi connectivity index (χ0v) is 16.0. The average Bonchev–Trinajstić information content (AvgIpc) is 3.27. The number of hydrogen-bond acceptors (Lipinski definition) is 9. The highest BCUT2D eigenvalue weighted by Gasteiger charge is 2.35. The second-order valence-electron chi connectivity index (χ2n) is 6.71. The normalized spacial score (nSPS) is 14.3. The van der Waals surface area contributed by atoms with Crippen LogP contribution in [0.25, 0.3) is 11.3 Å². The minimum atomic E-state index is -0.627. The van der Waals surface area contributed by atoms with Crippen LogP contribution in [0, 0.1) is 10.1 Å². The summed E-state index contributed by atoms with van der Waals surface area (Å²) in [5, 5.41) is 32.5. The van der Waals surface area contributed by atoms with Crippen molar-refractivity contribution >= 4 is 17.3 Å². The second kappa shape index (κ2) is 7.02. The van der Waals surface area contributed by atoms with Crippen molar-refractivity contribution in [3.63, 3.8) is 0 Å². The van der Waals surface area contributed by atoms with Crippen LogP contribution in [0.3, 0.4) is 0 Å². The van der Waals surface area contributed by atoms with E-state index in [0.29, 0.717) is 22.6 Å². The van der Waals surface area contributed by atoms with Gasteiger partial charge in [0, 0.05) is 28.8 Å². The Hall–Kier alpha value is -4.61. The number of ether oxygens (including phenoxy) is 1. The number of nitrogens with zero attached hydrogens (tertiary/aromatic N) is 6. The fourth-order valence-corrected chi connectivity index (χ4v) is 3.68. The third-order valence-corrected chi connectivity index (χ3v) is 5.05. The predicted octanol–water partition coefficient (Wildman–Crippen LogP) is 2.03. The fraction of sp³-hybridized carbons (Fsp3) is 0.105. The molecule has 12 nitrogen and oxygen atoms in total. The first-order chi connectivity index (χ1) is 15.1. The van der Waals surface area contributed by atoms with Crippen LogP contribution in [0.1, 0.15) is 17.2 Å². The first kappa shape index (κ1) is 18.4. The highest BCUT2D eigenvalue weighted by Crippen LogP contribution is 2.43. The number of non-ortho nitro benzene ring substituents is 1. The van der Waals surface area contributed by atoms with E-state index in [1.54, 1.807) is 25.3 Å². The van der Waals surface area contributed by atoms with Gasteiger partial charge in [0.25, 0.3) is 11.2 Å². The first-order valence-electron chi connectivity index (χ1n) is 9.13. The number of para-hydroxylation sites is 1. The van der Waals surface area contributed by atoms with Crippen LogP contribution in [0.2, 0.25) is 0 Å². The maximum Gasteiger partial charge on any atom is 0.288 e. The molecular weight excluding hydrogens is 404 g/mol. The summed E-state index contributed by atoms with van der Waals surface area (Å²) in [6.45, 7) is 0. The lowest BCUT2D eigenvalue weighted by atomic mass is 9.92. The molecule has 1 aliphatic rings. The number of aromatic nitrogens is 6. The topological polar surface area (TPSA) is 154 Å². The Labute approximate surface area is 173 Å². The summed E-state index contributed by atoms with van der Waals surface area (Å²) in [5.41, 5.74) is 1.98. The molecule has 3 heterocycles. The van der Waals surface area contributed by atoms with Crippen molar-refractivity contribution in [1.82, 2.24) is 30.4 Å². The van der Waals surface area contributed by atoms with Crippen molar-refractivity contribution in [3.8, 4) is 17.0 Å². The third-order valence-electron chi connectivity index (χ3n) is 5.05. The van der Waals surface area contributed by atoms with Gasteiger partial charge in [0.15, 0.2) is 0 Å². The van der Waals surface area contributed by atoms with Gasteiger partial charge in [-0.05, 0) is 28.6 Å². The van der Waals surface area contributed by atoms with Crippen molar-refractivity contribution in [2.75, 3.05) is 12.4 Å². The molecule has 2 aromatic heterocycles. The maximum absolute atomic E-state index is 12.7. The van der Waals surface area contributed by atoms with E-state index in [1.165, 1.54) is 16.8 Å². The van der Waals surface area contributed by atoms with Crippen LogP contribution >= 0.6 is 0 Å². The summed E-state index contributed by atoms with van der Waals surface area (Å²) >= 11 is 0. The minimum Gasteiger partial charge on any atom is -0.496 e. The van der Waals surface area contributed by atoms with E-state index in [0.717, 1.165) is 5.56 Å². The molecule has 0 radical (unpaired) electrons.